The number of rotatable bonds is 4. The molecule has 0 aliphatic rings. The van der Waals surface area contributed by atoms with Gasteiger partial charge in [0.2, 0.25) is 5.91 Å². The van der Waals surface area contributed by atoms with Gasteiger partial charge in [-0.05, 0) is 12.5 Å². The zero-order valence-electron chi connectivity index (χ0n) is 10.2. The standard InChI is InChI=1S/C13H14N2O3/c1-9(8-14)12(16)15-11(13(17)18-2)10-6-4-3-5-7-10/h3-7,9,11H,1-2H3,(H,15,16). The highest BCUT2D eigenvalue weighted by Crippen LogP contribution is 2.14. The monoisotopic (exact) mass is 246 g/mol. The van der Waals surface area contributed by atoms with Crippen molar-refractivity contribution in [1.82, 2.24) is 5.32 Å². The first-order chi connectivity index (χ1) is 8.60. The van der Waals surface area contributed by atoms with E-state index < -0.39 is 23.8 Å². The lowest BCUT2D eigenvalue weighted by molar-refractivity contribution is -0.145. The Morgan fingerprint density at radius 3 is 2.44 bits per heavy atom. The average Bonchev–Trinajstić information content (AvgIpc) is 2.43. The van der Waals surface area contributed by atoms with Crippen LogP contribution in [0.1, 0.15) is 18.5 Å². The van der Waals surface area contributed by atoms with E-state index >= 15 is 0 Å². The van der Waals surface area contributed by atoms with Crippen molar-refractivity contribution >= 4 is 11.9 Å². The van der Waals surface area contributed by atoms with Crippen LogP contribution in [-0.4, -0.2) is 19.0 Å². The Bertz CT molecular complexity index is 465. The van der Waals surface area contributed by atoms with Crippen molar-refractivity contribution in [3.8, 4) is 6.07 Å². The summed E-state index contributed by atoms with van der Waals surface area (Å²) in [4.78, 5) is 23.3. The highest BCUT2D eigenvalue weighted by Gasteiger charge is 2.25. The number of hydrogen-bond donors (Lipinski definition) is 1. The lowest BCUT2D eigenvalue weighted by Crippen LogP contribution is -2.37. The van der Waals surface area contributed by atoms with E-state index in [0.29, 0.717) is 5.56 Å². The van der Waals surface area contributed by atoms with Gasteiger partial charge < -0.3 is 10.1 Å². The zero-order valence-corrected chi connectivity index (χ0v) is 10.2. The van der Waals surface area contributed by atoms with Crippen molar-refractivity contribution in [3.63, 3.8) is 0 Å². The number of carbonyl (C=O) groups excluding carboxylic acids is 2. The highest BCUT2D eigenvalue weighted by atomic mass is 16.5. The summed E-state index contributed by atoms with van der Waals surface area (Å²) in [6, 6.07) is 9.65. The van der Waals surface area contributed by atoms with Crippen LogP contribution in [0.5, 0.6) is 0 Å². The molecule has 1 amide bonds. The maximum absolute atomic E-state index is 11.6. The summed E-state index contributed by atoms with van der Waals surface area (Å²) < 4.78 is 4.64. The van der Waals surface area contributed by atoms with Crippen LogP contribution < -0.4 is 5.32 Å². The molecule has 18 heavy (non-hydrogen) atoms. The molecule has 1 aromatic carbocycles. The minimum absolute atomic E-state index is 0.503. The van der Waals surface area contributed by atoms with Crippen LogP contribution in [0.15, 0.2) is 30.3 Å². The van der Waals surface area contributed by atoms with E-state index in [2.05, 4.69) is 10.1 Å². The van der Waals surface area contributed by atoms with E-state index in [-0.39, 0.29) is 0 Å². The Morgan fingerprint density at radius 1 is 1.33 bits per heavy atom. The van der Waals surface area contributed by atoms with Crippen molar-refractivity contribution in [1.29, 1.82) is 5.26 Å². The number of nitriles is 1. The molecule has 94 valence electrons. The van der Waals surface area contributed by atoms with Crippen LogP contribution in [-0.2, 0) is 14.3 Å². The lowest BCUT2D eigenvalue weighted by atomic mass is 10.1. The highest BCUT2D eigenvalue weighted by molar-refractivity contribution is 5.87. The van der Waals surface area contributed by atoms with Crippen LogP contribution in [0.3, 0.4) is 0 Å². The number of carbonyl (C=O) groups is 2. The van der Waals surface area contributed by atoms with E-state index in [0.717, 1.165) is 0 Å². The van der Waals surface area contributed by atoms with Crippen molar-refractivity contribution < 1.29 is 14.3 Å². The Morgan fingerprint density at radius 2 is 1.94 bits per heavy atom. The van der Waals surface area contributed by atoms with E-state index in [1.807, 2.05) is 6.07 Å². The summed E-state index contributed by atoms with van der Waals surface area (Å²) in [5.41, 5.74) is 0.614. The number of benzene rings is 1. The molecule has 0 saturated heterocycles. The molecule has 5 heteroatoms. The fourth-order valence-electron chi connectivity index (χ4n) is 1.37. The number of nitrogens with one attached hydrogen (secondary N) is 1. The predicted octanol–water partition coefficient (Wildman–Crippen LogP) is 1.18. The number of hydrogen-bond acceptors (Lipinski definition) is 4. The number of nitrogens with zero attached hydrogens (tertiary/aromatic N) is 1. The summed E-state index contributed by atoms with van der Waals surface area (Å²) >= 11 is 0. The molecule has 0 aliphatic heterocycles. The van der Waals surface area contributed by atoms with Gasteiger partial charge in [-0.3, -0.25) is 4.79 Å². The molecule has 0 radical (unpaired) electrons. The second-order valence-corrected chi connectivity index (χ2v) is 3.73. The molecule has 0 spiro atoms. The number of amides is 1. The Kier molecular flexibility index (Phi) is 4.88. The van der Waals surface area contributed by atoms with E-state index in [1.165, 1.54) is 14.0 Å². The lowest BCUT2D eigenvalue weighted by Gasteiger charge is -2.17. The molecule has 1 rings (SSSR count). The van der Waals surface area contributed by atoms with Gasteiger partial charge in [0.25, 0.3) is 0 Å². The molecular formula is C13H14N2O3. The van der Waals surface area contributed by atoms with Crippen molar-refractivity contribution in [2.75, 3.05) is 7.11 Å². The smallest absolute Gasteiger partial charge is 0.333 e. The quantitative estimate of drug-likeness (QED) is 0.809. The van der Waals surface area contributed by atoms with Crippen LogP contribution >= 0.6 is 0 Å². The maximum atomic E-state index is 11.6. The molecule has 5 nitrogen and oxygen atoms in total. The first-order valence-electron chi connectivity index (χ1n) is 5.43. The summed E-state index contributed by atoms with van der Waals surface area (Å²) in [5.74, 6) is -1.89. The molecule has 0 bridgehead atoms. The molecule has 2 atom stereocenters. The van der Waals surface area contributed by atoms with E-state index in [9.17, 15) is 9.59 Å². The first-order valence-corrected chi connectivity index (χ1v) is 5.43. The Balaban J connectivity index is 2.91. The fourth-order valence-corrected chi connectivity index (χ4v) is 1.37. The van der Waals surface area contributed by atoms with Crippen molar-refractivity contribution in [3.05, 3.63) is 35.9 Å². The molecule has 0 heterocycles. The van der Waals surface area contributed by atoms with Gasteiger partial charge in [-0.1, -0.05) is 30.3 Å². The van der Waals surface area contributed by atoms with Gasteiger partial charge in [0, 0.05) is 0 Å². The molecule has 0 saturated carbocycles. The third-order valence-corrected chi connectivity index (χ3v) is 2.44. The Labute approximate surface area is 105 Å². The minimum Gasteiger partial charge on any atom is -0.467 e. The largest absolute Gasteiger partial charge is 0.467 e. The fraction of sp³-hybridized carbons (Fsp3) is 0.308. The summed E-state index contributed by atoms with van der Waals surface area (Å²) in [6.07, 6.45) is 0. The molecule has 2 unspecified atom stereocenters. The summed E-state index contributed by atoms with van der Waals surface area (Å²) in [5, 5.41) is 11.2. The van der Waals surface area contributed by atoms with Gasteiger partial charge in [-0.25, -0.2) is 4.79 Å². The molecule has 0 aliphatic carbocycles. The molecule has 1 aromatic rings. The normalized spacial score (nSPS) is 12.9. The van der Waals surface area contributed by atoms with Gasteiger partial charge in [0.15, 0.2) is 6.04 Å². The molecule has 1 N–H and O–H groups in total. The molecule has 0 aromatic heterocycles. The second-order valence-electron chi connectivity index (χ2n) is 3.73. The Hall–Kier alpha value is -2.35. The predicted molar refractivity (Wildman–Crippen MR) is 64.1 cm³/mol. The third-order valence-electron chi connectivity index (χ3n) is 2.44. The van der Waals surface area contributed by atoms with Crippen LogP contribution in [0.4, 0.5) is 0 Å². The van der Waals surface area contributed by atoms with Gasteiger partial charge in [-0.15, -0.1) is 0 Å². The van der Waals surface area contributed by atoms with Gasteiger partial charge in [0.1, 0.15) is 5.92 Å². The zero-order chi connectivity index (χ0) is 13.5. The van der Waals surface area contributed by atoms with Gasteiger partial charge in [-0.2, -0.15) is 5.26 Å². The first kappa shape index (κ1) is 13.7. The van der Waals surface area contributed by atoms with Crippen molar-refractivity contribution in [2.24, 2.45) is 5.92 Å². The average molecular weight is 246 g/mol. The molecule has 0 fully saturated rings. The summed E-state index contributed by atoms with van der Waals surface area (Å²) in [6.45, 7) is 1.47. The second kappa shape index (κ2) is 6.40. The number of methoxy groups -OCH3 is 1. The maximum Gasteiger partial charge on any atom is 0.333 e. The minimum atomic E-state index is -0.889. The topological polar surface area (TPSA) is 79.2 Å². The summed E-state index contributed by atoms with van der Waals surface area (Å²) in [7, 11) is 1.25. The van der Waals surface area contributed by atoms with Crippen LogP contribution in [0.25, 0.3) is 0 Å². The number of esters is 1. The van der Waals surface area contributed by atoms with E-state index in [1.54, 1.807) is 30.3 Å². The van der Waals surface area contributed by atoms with E-state index in [4.69, 9.17) is 5.26 Å². The number of ether oxygens (including phenoxy) is 1. The van der Waals surface area contributed by atoms with Crippen molar-refractivity contribution in [2.45, 2.75) is 13.0 Å². The van der Waals surface area contributed by atoms with Crippen LogP contribution in [0.2, 0.25) is 0 Å². The SMILES string of the molecule is COC(=O)C(NC(=O)C(C)C#N)c1ccccc1. The molecular weight excluding hydrogens is 232 g/mol. The van der Waals surface area contributed by atoms with Gasteiger partial charge in [0.05, 0.1) is 13.2 Å². The third kappa shape index (κ3) is 3.32. The van der Waals surface area contributed by atoms with Gasteiger partial charge >= 0.3 is 5.97 Å². The van der Waals surface area contributed by atoms with Crippen LogP contribution in [0, 0.1) is 17.2 Å².